The number of benzene rings is 1. The number of alkyl halides is 1. The first kappa shape index (κ1) is 19.6. The van der Waals surface area contributed by atoms with E-state index in [1.807, 2.05) is 32.9 Å². The molecule has 2 aliphatic rings. The molecule has 1 aromatic carbocycles. The summed E-state index contributed by atoms with van der Waals surface area (Å²) in [4.78, 5) is 2.22. The summed E-state index contributed by atoms with van der Waals surface area (Å²) in [5.74, 6) is 0. The third kappa shape index (κ3) is 4.22. The van der Waals surface area contributed by atoms with Gasteiger partial charge in [-0.1, -0.05) is 40.3 Å². The van der Waals surface area contributed by atoms with E-state index in [0.29, 0.717) is 24.0 Å². The lowest BCUT2D eigenvalue weighted by Gasteiger charge is -2.38. The number of likely N-dealkylation sites (tertiary alicyclic amines) is 1. The molecule has 1 aromatic rings. The van der Waals surface area contributed by atoms with Crippen LogP contribution in [-0.2, 0) is 10.0 Å². The molecule has 0 radical (unpaired) electrons. The minimum Gasteiger partial charge on any atom is -0.332 e. The zero-order valence-corrected chi connectivity index (χ0v) is 18.5. The number of halogens is 1. The van der Waals surface area contributed by atoms with Crippen molar-refractivity contribution in [1.29, 1.82) is 0 Å². The average Bonchev–Trinajstić information content (AvgIpc) is 2.54. The van der Waals surface area contributed by atoms with Crippen LogP contribution in [0.4, 0.5) is 0 Å². The second-order valence-electron chi connectivity index (χ2n) is 7.74. The van der Waals surface area contributed by atoms with Gasteiger partial charge in [0, 0.05) is 42.7 Å². The van der Waals surface area contributed by atoms with Crippen LogP contribution >= 0.6 is 22.6 Å². The van der Waals surface area contributed by atoms with Crippen molar-refractivity contribution in [2.24, 2.45) is 0 Å². The van der Waals surface area contributed by atoms with Crippen LogP contribution in [0.2, 0.25) is 0 Å². The number of aryl methyl sites for hydroxylation is 3. The average molecular weight is 477 g/mol. The Kier molecular flexibility index (Phi) is 6.13. The van der Waals surface area contributed by atoms with Gasteiger partial charge in [0.15, 0.2) is 0 Å². The fourth-order valence-corrected chi connectivity index (χ4v) is 7.07. The Balaban J connectivity index is 1.70. The highest BCUT2D eigenvalue weighted by Gasteiger charge is 2.36. The summed E-state index contributed by atoms with van der Waals surface area (Å²) in [7, 11) is -3.38. The van der Waals surface area contributed by atoms with Crippen LogP contribution in [-0.4, -0.2) is 48.9 Å². The van der Waals surface area contributed by atoms with Gasteiger partial charge >= 0.3 is 0 Å². The molecule has 3 rings (SSSR count). The number of sulfonamides is 1. The largest absolute Gasteiger partial charge is 0.332 e. The Morgan fingerprint density at radius 1 is 1.00 bits per heavy atom. The molecule has 0 aromatic heterocycles. The monoisotopic (exact) mass is 477 g/mol. The topological polar surface area (TPSA) is 41.8 Å². The lowest BCUT2D eigenvalue weighted by molar-refractivity contribution is -0.930. The first-order valence-electron chi connectivity index (χ1n) is 9.35. The summed E-state index contributed by atoms with van der Waals surface area (Å²) >= 11 is 2.57. The van der Waals surface area contributed by atoms with Gasteiger partial charge in [0.25, 0.3) is 0 Å². The van der Waals surface area contributed by atoms with Gasteiger partial charge in [-0.05, 0) is 31.9 Å². The van der Waals surface area contributed by atoms with Crippen molar-refractivity contribution in [2.75, 3.05) is 26.2 Å². The number of nitrogens with zero attached hydrogens (tertiary/aromatic N) is 1. The van der Waals surface area contributed by atoms with Gasteiger partial charge in [0.05, 0.1) is 24.0 Å². The minimum atomic E-state index is -3.38. The van der Waals surface area contributed by atoms with Gasteiger partial charge in [-0.15, -0.1) is 0 Å². The maximum Gasteiger partial charge on any atom is 0.243 e. The lowest BCUT2D eigenvalue weighted by atomic mass is 10.0. The number of piperidine rings is 2. The van der Waals surface area contributed by atoms with Crippen molar-refractivity contribution >= 4 is 32.6 Å². The van der Waals surface area contributed by atoms with Crippen molar-refractivity contribution in [3.8, 4) is 0 Å². The summed E-state index contributed by atoms with van der Waals surface area (Å²) in [5.41, 5.74) is 2.86. The molecule has 25 heavy (non-hydrogen) atoms. The van der Waals surface area contributed by atoms with Gasteiger partial charge in [0.1, 0.15) is 0 Å². The van der Waals surface area contributed by atoms with Gasteiger partial charge in [-0.3, -0.25) is 0 Å². The summed E-state index contributed by atoms with van der Waals surface area (Å²) in [6.45, 7) is 9.68. The van der Waals surface area contributed by atoms with Crippen molar-refractivity contribution in [3.63, 3.8) is 0 Å². The third-order valence-electron chi connectivity index (χ3n) is 5.79. The highest BCUT2D eigenvalue weighted by molar-refractivity contribution is 14.1. The molecule has 0 bridgehead atoms. The van der Waals surface area contributed by atoms with Crippen LogP contribution in [0.25, 0.3) is 0 Å². The van der Waals surface area contributed by atoms with Gasteiger partial charge < -0.3 is 4.90 Å². The molecule has 0 aliphatic carbocycles. The lowest BCUT2D eigenvalue weighted by Crippen LogP contribution is -3.17. The van der Waals surface area contributed by atoms with E-state index >= 15 is 0 Å². The molecule has 4 nitrogen and oxygen atoms in total. The van der Waals surface area contributed by atoms with Crippen molar-refractivity contribution in [3.05, 3.63) is 28.8 Å². The number of hydrogen-bond acceptors (Lipinski definition) is 2. The van der Waals surface area contributed by atoms with E-state index in [1.165, 1.54) is 25.9 Å². The Morgan fingerprint density at radius 3 is 2.04 bits per heavy atom. The Labute approximate surface area is 166 Å². The zero-order valence-electron chi connectivity index (χ0n) is 15.5. The summed E-state index contributed by atoms with van der Waals surface area (Å²) in [6, 6.07) is 4.59. The van der Waals surface area contributed by atoms with Crippen molar-refractivity contribution in [2.45, 2.75) is 61.3 Å². The molecule has 2 saturated heterocycles. The van der Waals surface area contributed by atoms with Crippen LogP contribution in [0.5, 0.6) is 0 Å². The van der Waals surface area contributed by atoms with E-state index in [4.69, 9.17) is 0 Å². The first-order valence-corrected chi connectivity index (χ1v) is 12.0. The molecule has 0 atom stereocenters. The quantitative estimate of drug-likeness (QED) is 0.536. The minimum absolute atomic E-state index is 0.523. The number of quaternary nitrogens is 1. The fraction of sp³-hybridized carbons (Fsp3) is 0.684. The molecule has 0 amide bonds. The Hall–Kier alpha value is -0.180. The van der Waals surface area contributed by atoms with E-state index < -0.39 is 10.0 Å². The molecular formula is C19H30IN2O2S+. The van der Waals surface area contributed by atoms with Crippen LogP contribution in [0.3, 0.4) is 0 Å². The molecule has 2 fully saturated rings. The molecular weight excluding hydrogens is 447 g/mol. The van der Waals surface area contributed by atoms with E-state index in [1.54, 1.807) is 9.21 Å². The zero-order chi connectivity index (χ0) is 18.2. The summed E-state index contributed by atoms with van der Waals surface area (Å²) in [5, 5.41) is 0. The van der Waals surface area contributed by atoms with Crippen LogP contribution in [0, 0.1) is 20.8 Å². The van der Waals surface area contributed by atoms with E-state index in [2.05, 4.69) is 22.6 Å². The standard InChI is InChI=1S/C19H29IN2O2S/c1-14-12-15(2)19(16(3)13-14)25(23,24)22-10-6-18(7-11-22)21-8-4-17(20)5-9-21/h12-13,17-18H,4-11H2,1-3H3/p+1. The highest BCUT2D eigenvalue weighted by Crippen LogP contribution is 2.27. The molecule has 0 unspecified atom stereocenters. The second kappa shape index (κ2) is 7.82. The summed E-state index contributed by atoms with van der Waals surface area (Å²) < 4.78 is 28.9. The Morgan fingerprint density at radius 2 is 1.52 bits per heavy atom. The normalized spacial score (nSPS) is 26.7. The highest BCUT2D eigenvalue weighted by atomic mass is 127. The third-order valence-corrected chi connectivity index (χ3v) is 9.24. The number of hydrogen-bond donors (Lipinski definition) is 1. The number of nitrogens with one attached hydrogen (secondary N) is 1. The van der Waals surface area contributed by atoms with E-state index in [-0.39, 0.29) is 0 Å². The van der Waals surface area contributed by atoms with Crippen LogP contribution < -0.4 is 4.90 Å². The smallest absolute Gasteiger partial charge is 0.243 e. The van der Waals surface area contributed by atoms with Crippen LogP contribution in [0.1, 0.15) is 42.4 Å². The summed E-state index contributed by atoms with van der Waals surface area (Å²) in [6.07, 6.45) is 4.58. The predicted molar refractivity (Wildman–Crippen MR) is 110 cm³/mol. The molecule has 140 valence electrons. The second-order valence-corrected chi connectivity index (χ2v) is 11.4. The molecule has 2 heterocycles. The Bertz CT molecular complexity index is 696. The van der Waals surface area contributed by atoms with Gasteiger partial charge in [0.2, 0.25) is 10.0 Å². The first-order chi connectivity index (χ1) is 11.8. The molecule has 0 spiro atoms. The van der Waals surface area contributed by atoms with E-state index in [0.717, 1.165) is 33.5 Å². The van der Waals surface area contributed by atoms with Crippen molar-refractivity contribution < 1.29 is 13.3 Å². The maximum atomic E-state index is 13.2. The predicted octanol–water partition coefficient (Wildman–Crippen LogP) is 2.25. The number of rotatable bonds is 3. The van der Waals surface area contributed by atoms with Crippen LogP contribution in [0.15, 0.2) is 17.0 Å². The molecule has 1 N–H and O–H groups in total. The molecule has 6 heteroatoms. The SMILES string of the molecule is Cc1cc(C)c(S(=O)(=O)N2CCC([NH+]3CCC(I)CC3)CC2)c(C)c1. The van der Waals surface area contributed by atoms with E-state index in [9.17, 15) is 8.42 Å². The van der Waals surface area contributed by atoms with Crippen molar-refractivity contribution in [1.82, 2.24) is 4.31 Å². The van der Waals surface area contributed by atoms with Gasteiger partial charge in [-0.25, -0.2) is 8.42 Å². The van der Waals surface area contributed by atoms with Gasteiger partial charge in [-0.2, -0.15) is 4.31 Å². The molecule has 2 aliphatic heterocycles. The molecule has 0 saturated carbocycles. The maximum absolute atomic E-state index is 13.2. The fourth-order valence-electron chi connectivity index (χ4n) is 4.57.